The molecule has 3 nitrogen and oxygen atoms in total. The van der Waals surface area contributed by atoms with Gasteiger partial charge in [-0.15, -0.1) is 0 Å². The zero-order valence-electron chi connectivity index (χ0n) is 7.42. The number of rotatable bonds is 6. The standard InChI is InChI=1S/C9H16O3/c1-2-3-4-5-8(10)6-7-9(11)12/h6,10H,2-5,7H2,1H3,(H,11,12). The summed E-state index contributed by atoms with van der Waals surface area (Å²) in [6, 6.07) is 0. The molecule has 0 saturated heterocycles. The van der Waals surface area contributed by atoms with E-state index in [1.807, 2.05) is 0 Å². The molecule has 0 aromatic rings. The second-order valence-electron chi connectivity index (χ2n) is 2.75. The summed E-state index contributed by atoms with van der Waals surface area (Å²) in [6.07, 6.45) is 4.98. The highest BCUT2D eigenvalue weighted by atomic mass is 16.4. The SMILES string of the molecule is CCCCCC(O)=CCC(=O)O. The molecule has 0 bridgehead atoms. The quantitative estimate of drug-likeness (QED) is 0.478. The molecule has 0 aromatic carbocycles. The van der Waals surface area contributed by atoms with Gasteiger partial charge in [-0.25, -0.2) is 0 Å². The molecule has 3 heteroatoms. The van der Waals surface area contributed by atoms with E-state index in [9.17, 15) is 4.79 Å². The van der Waals surface area contributed by atoms with Crippen molar-refractivity contribution in [1.82, 2.24) is 0 Å². The maximum atomic E-state index is 10.1. The molecular weight excluding hydrogens is 156 g/mol. The minimum absolute atomic E-state index is 0.0854. The first-order valence-corrected chi connectivity index (χ1v) is 4.26. The highest BCUT2D eigenvalue weighted by Gasteiger charge is 1.96. The summed E-state index contributed by atoms with van der Waals surface area (Å²) in [5, 5.41) is 17.4. The van der Waals surface area contributed by atoms with E-state index in [-0.39, 0.29) is 12.2 Å². The van der Waals surface area contributed by atoms with Crippen molar-refractivity contribution in [3.8, 4) is 0 Å². The van der Waals surface area contributed by atoms with Gasteiger partial charge in [-0.05, 0) is 12.5 Å². The van der Waals surface area contributed by atoms with Crippen LogP contribution in [0.1, 0.15) is 39.0 Å². The summed E-state index contributed by atoms with van der Waals surface area (Å²) in [4.78, 5) is 10.1. The number of aliphatic carboxylic acids is 1. The summed E-state index contributed by atoms with van der Waals surface area (Å²) < 4.78 is 0. The number of unbranched alkanes of at least 4 members (excludes halogenated alkanes) is 2. The van der Waals surface area contributed by atoms with E-state index in [0.717, 1.165) is 19.3 Å². The third-order valence-corrected chi connectivity index (χ3v) is 1.55. The molecule has 0 rings (SSSR count). The minimum atomic E-state index is -0.906. The molecule has 0 aliphatic rings. The zero-order valence-corrected chi connectivity index (χ0v) is 7.42. The Morgan fingerprint density at radius 1 is 1.33 bits per heavy atom. The van der Waals surface area contributed by atoms with Gasteiger partial charge in [0.1, 0.15) is 0 Å². The molecule has 12 heavy (non-hydrogen) atoms. The van der Waals surface area contributed by atoms with Crippen molar-refractivity contribution >= 4 is 5.97 Å². The zero-order chi connectivity index (χ0) is 9.40. The average Bonchev–Trinajstić information content (AvgIpc) is 2.01. The number of carboxylic acids is 1. The third kappa shape index (κ3) is 7.12. The maximum Gasteiger partial charge on any atom is 0.307 e. The lowest BCUT2D eigenvalue weighted by atomic mass is 10.1. The van der Waals surface area contributed by atoms with Crippen LogP contribution in [0.2, 0.25) is 0 Å². The average molecular weight is 172 g/mol. The summed E-state index contributed by atoms with van der Waals surface area (Å²) >= 11 is 0. The largest absolute Gasteiger partial charge is 0.513 e. The van der Waals surface area contributed by atoms with Gasteiger partial charge < -0.3 is 10.2 Å². The molecule has 0 aliphatic carbocycles. The van der Waals surface area contributed by atoms with Crippen LogP contribution in [0.15, 0.2) is 11.8 Å². The molecule has 2 N–H and O–H groups in total. The van der Waals surface area contributed by atoms with E-state index < -0.39 is 5.97 Å². The Kier molecular flexibility index (Phi) is 6.15. The van der Waals surface area contributed by atoms with Crippen LogP contribution in [0.5, 0.6) is 0 Å². The van der Waals surface area contributed by atoms with Gasteiger partial charge >= 0.3 is 5.97 Å². The number of hydrogen-bond donors (Lipinski definition) is 2. The van der Waals surface area contributed by atoms with Gasteiger partial charge in [-0.3, -0.25) is 4.79 Å². The summed E-state index contributed by atoms with van der Waals surface area (Å²) in [7, 11) is 0. The fraction of sp³-hybridized carbons (Fsp3) is 0.667. The molecule has 0 aliphatic heterocycles. The van der Waals surface area contributed by atoms with E-state index in [1.54, 1.807) is 0 Å². The van der Waals surface area contributed by atoms with E-state index in [0.29, 0.717) is 6.42 Å². The third-order valence-electron chi connectivity index (χ3n) is 1.55. The molecule has 0 heterocycles. The highest BCUT2D eigenvalue weighted by Crippen LogP contribution is 2.06. The number of allylic oxidation sites excluding steroid dienone is 1. The van der Waals surface area contributed by atoms with Crippen molar-refractivity contribution in [2.75, 3.05) is 0 Å². The highest BCUT2D eigenvalue weighted by molar-refractivity contribution is 5.68. The van der Waals surface area contributed by atoms with Gasteiger partial charge in [-0.1, -0.05) is 19.8 Å². The molecule has 0 spiro atoms. The van der Waals surface area contributed by atoms with Crippen molar-refractivity contribution in [2.45, 2.75) is 39.0 Å². The predicted molar refractivity (Wildman–Crippen MR) is 47.1 cm³/mol. The Balaban J connectivity index is 3.49. The predicted octanol–water partition coefficient (Wildman–Crippen LogP) is 2.48. The first-order chi connectivity index (χ1) is 5.66. The van der Waals surface area contributed by atoms with E-state index in [4.69, 9.17) is 10.2 Å². The van der Waals surface area contributed by atoms with E-state index in [2.05, 4.69) is 6.92 Å². The Bertz CT molecular complexity index is 161. The van der Waals surface area contributed by atoms with Crippen LogP contribution in [0.25, 0.3) is 0 Å². The first kappa shape index (κ1) is 11.0. The van der Waals surface area contributed by atoms with Crippen molar-refractivity contribution in [1.29, 1.82) is 0 Å². The molecule has 0 aromatic heterocycles. The Labute approximate surface area is 72.7 Å². The molecule has 0 amide bonds. The molecule has 70 valence electrons. The number of carboxylic acid groups (broad SMARTS) is 1. The van der Waals surface area contributed by atoms with Gasteiger partial charge in [0.05, 0.1) is 12.2 Å². The van der Waals surface area contributed by atoms with Crippen molar-refractivity contribution in [2.24, 2.45) is 0 Å². The maximum absolute atomic E-state index is 10.1. The Hall–Kier alpha value is -0.990. The smallest absolute Gasteiger partial charge is 0.307 e. The minimum Gasteiger partial charge on any atom is -0.513 e. The number of aliphatic hydroxyl groups excluding tert-OH is 1. The molecule has 0 unspecified atom stereocenters. The van der Waals surface area contributed by atoms with Crippen molar-refractivity contribution in [3.05, 3.63) is 11.8 Å². The Morgan fingerprint density at radius 2 is 2.00 bits per heavy atom. The molecular formula is C9H16O3. The topological polar surface area (TPSA) is 57.5 Å². The van der Waals surface area contributed by atoms with Crippen LogP contribution < -0.4 is 0 Å². The monoisotopic (exact) mass is 172 g/mol. The molecule has 0 radical (unpaired) electrons. The fourth-order valence-corrected chi connectivity index (χ4v) is 0.863. The molecule has 0 saturated carbocycles. The first-order valence-electron chi connectivity index (χ1n) is 4.26. The molecule has 0 fully saturated rings. The summed E-state index contributed by atoms with van der Waals surface area (Å²) in [5.41, 5.74) is 0. The summed E-state index contributed by atoms with van der Waals surface area (Å²) in [5.74, 6) is -0.706. The van der Waals surface area contributed by atoms with Crippen LogP contribution in [-0.4, -0.2) is 16.2 Å². The number of hydrogen-bond acceptors (Lipinski definition) is 2. The van der Waals surface area contributed by atoms with Crippen LogP contribution in [0, 0.1) is 0 Å². The van der Waals surface area contributed by atoms with Crippen molar-refractivity contribution < 1.29 is 15.0 Å². The van der Waals surface area contributed by atoms with Crippen LogP contribution >= 0.6 is 0 Å². The summed E-state index contributed by atoms with van der Waals surface area (Å²) in [6.45, 7) is 2.08. The Morgan fingerprint density at radius 3 is 2.50 bits per heavy atom. The second kappa shape index (κ2) is 6.70. The lowest BCUT2D eigenvalue weighted by Crippen LogP contribution is -1.92. The second-order valence-corrected chi connectivity index (χ2v) is 2.75. The van der Waals surface area contributed by atoms with Crippen molar-refractivity contribution in [3.63, 3.8) is 0 Å². The lowest BCUT2D eigenvalue weighted by molar-refractivity contribution is -0.136. The lowest BCUT2D eigenvalue weighted by Gasteiger charge is -1.97. The van der Waals surface area contributed by atoms with Gasteiger partial charge in [-0.2, -0.15) is 0 Å². The van der Waals surface area contributed by atoms with E-state index in [1.165, 1.54) is 6.08 Å². The normalized spacial score (nSPS) is 11.6. The molecule has 0 atom stereocenters. The number of aliphatic hydroxyl groups is 1. The van der Waals surface area contributed by atoms with Gasteiger partial charge in [0.25, 0.3) is 0 Å². The van der Waals surface area contributed by atoms with Crippen LogP contribution in [0.4, 0.5) is 0 Å². The van der Waals surface area contributed by atoms with Crippen LogP contribution in [-0.2, 0) is 4.79 Å². The van der Waals surface area contributed by atoms with Gasteiger partial charge in [0.2, 0.25) is 0 Å². The van der Waals surface area contributed by atoms with Gasteiger partial charge in [0, 0.05) is 6.42 Å². The fourth-order valence-electron chi connectivity index (χ4n) is 0.863. The number of carbonyl (C=O) groups is 1. The van der Waals surface area contributed by atoms with E-state index >= 15 is 0 Å². The van der Waals surface area contributed by atoms with Gasteiger partial charge in [0.15, 0.2) is 0 Å². The van der Waals surface area contributed by atoms with Crippen LogP contribution in [0.3, 0.4) is 0 Å².